The summed E-state index contributed by atoms with van der Waals surface area (Å²) in [7, 11) is 0. The van der Waals surface area contributed by atoms with Crippen LogP contribution in [0.1, 0.15) is 38.1 Å². The van der Waals surface area contributed by atoms with E-state index in [0.717, 1.165) is 32.4 Å². The van der Waals surface area contributed by atoms with E-state index in [1.165, 1.54) is 0 Å². The largest absolute Gasteiger partial charge is 0.311 e. The van der Waals surface area contributed by atoms with Gasteiger partial charge in [-0.2, -0.15) is 0 Å². The van der Waals surface area contributed by atoms with Crippen molar-refractivity contribution in [2.24, 2.45) is 0 Å². The van der Waals surface area contributed by atoms with E-state index in [2.05, 4.69) is 15.6 Å². The summed E-state index contributed by atoms with van der Waals surface area (Å²) < 4.78 is 15.8. The number of nitrogens with zero attached hydrogens (tertiary/aromatic N) is 3. The molecule has 84 valence electrons. The third-order valence-corrected chi connectivity index (χ3v) is 2.82. The molecular weight excluding hydrogens is 195 g/mol. The Kier molecular flexibility index (Phi) is 3.30. The number of hydrogen-bond acceptors (Lipinski definition) is 3. The first-order valence-electron chi connectivity index (χ1n) is 5.58. The molecule has 0 radical (unpaired) electrons. The monoisotopic (exact) mass is 212 g/mol. The van der Waals surface area contributed by atoms with Crippen LogP contribution in [0.25, 0.3) is 0 Å². The minimum atomic E-state index is -0.978. The van der Waals surface area contributed by atoms with Gasteiger partial charge in [0, 0.05) is 12.6 Å². The lowest BCUT2D eigenvalue weighted by molar-refractivity contribution is 0.254. The molecule has 1 aliphatic rings. The molecule has 5 heteroatoms. The van der Waals surface area contributed by atoms with Gasteiger partial charge in [0.25, 0.3) is 0 Å². The number of hydrogen-bond donors (Lipinski definition) is 1. The zero-order valence-electron chi connectivity index (χ0n) is 8.99. The summed E-state index contributed by atoms with van der Waals surface area (Å²) in [5.74, 6) is 0. The van der Waals surface area contributed by atoms with E-state index >= 15 is 0 Å². The van der Waals surface area contributed by atoms with E-state index in [1.807, 2.05) is 6.92 Å². The zero-order valence-corrected chi connectivity index (χ0v) is 8.99. The molecule has 2 rings (SSSR count). The lowest BCUT2D eigenvalue weighted by atomic mass is 10.1. The first-order valence-corrected chi connectivity index (χ1v) is 5.58. The van der Waals surface area contributed by atoms with E-state index in [4.69, 9.17) is 0 Å². The normalized spacial score (nSPS) is 23.2. The minimum Gasteiger partial charge on any atom is -0.311 e. The average Bonchev–Trinajstić information content (AvgIpc) is 2.87. The fourth-order valence-electron chi connectivity index (χ4n) is 2.03. The Morgan fingerprint density at radius 3 is 3.27 bits per heavy atom. The molecule has 1 saturated heterocycles. The zero-order chi connectivity index (χ0) is 10.7. The van der Waals surface area contributed by atoms with Crippen LogP contribution in [-0.2, 0) is 6.54 Å². The molecule has 4 nitrogen and oxygen atoms in total. The summed E-state index contributed by atoms with van der Waals surface area (Å²) in [5, 5.41) is 10.8. The molecular formula is C10H17FN4. The average molecular weight is 212 g/mol. The second-order valence-electron chi connectivity index (χ2n) is 3.99. The fraction of sp³-hybridized carbons (Fsp3) is 0.800. The van der Waals surface area contributed by atoms with Crippen LogP contribution < -0.4 is 5.32 Å². The summed E-state index contributed by atoms with van der Waals surface area (Å²) in [6, 6.07) is -0.0564. The number of aromatic nitrogens is 3. The number of halogens is 1. The Bertz CT molecular complexity index is 306. The van der Waals surface area contributed by atoms with Crippen LogP contribution in [-0.4, -0.2) is 27.6 Å². The van der Waals surface area contributed by atoms with Crippen molar-refractivity contribution in [3.8, 4) is 0 Å². The molecule has 1 N–H and O–H groups in total. The van der Waals surface area contributed by atoms with Crippen LogP contribution >= 0.6 is 0 Å². The Morgan fingerprint density at radius 1 is 1.73 bits per heavy atom. The Balaban J connectivity index is 2.09. The van der Waals surface area contributed by atoms with Gasteiger partial charge >= 0.3 is 0 Å². The van der Waals surface area contributed by atoms with E-state index in [0.29, 0.717) is 5.69 Å². The van der Waals surface area contributed by atoms with Gasteiger partial charge in [0.2, 0.25) is 0 Å². The highest BCUT2D eigenvalue weighted by Crippen LogP contribution is 2.25. The third-order valence-electron chi connectivity index (χ3n) is 2.82. The summed E-state index contributed by atoms with van der Waals surface area (Å²) in [6.07, 6.45) is 3.47. The number of nitrogens with one attached hydrogen (secondary N) is 1. The van der Waals surface area contributed by atoms with Crippen LogP contribution in [0.15, 0.2) is 6.20 Å². The van der Waals surface area contributed by atoms with Gasteiger partial charge in [-0.1, -0.05) is 12.1 Å². The fourth-order valence-corrected chi connectivity index (χ4v) is 2.03. The van der Waals surface area contributed by atoms with Crippen molar-refractivity contribution in [2.75, 3.05) is 6.54 Å². The van der Waals surface area contributed by atoms with Gasteiger partial charge in [-0.25, -0.2) is 9.07 Å². The van der Waals surface area contributed by atoms with Crippen molar-refractivity contribution in [3.05, 3.63) is 11.9 Å². The standard InChI is InChI=1S/C10H17FN4/c1-2-6-15-9(7-13-14-15)10(11)8-4-3-5-12-8/h7-8,10,12H,2-6H2,1H3. The van der Waals surface area contributed by atoms with Crippen molar-refractivity contribution >= 4 is 0 Å². The molecule has 1 aromatic heterocycles. The number of rotatable bonds is 4. The van der Waals surface area contributed by atoms with Gasteiger partial charge in [-0.15, -0.1) is 5.10 Å². The quantitative estimate of drug-likeness (QED) is 0.821. The summed E-state index contributed by atoms with van der Waals surface area (Å²) in [5.41, 5.74) is 0.608. The third kappa shape index (κ3) is 2.17. The van der Waals surface area contributed by atoms with Gasteiger partial charge in [0.05, 0.1) is 11.9 Å². The highest BCUT2D eigenvalue weighted by molar-refractivity contribution is 5.04. The Hall–Kier alpha value is -0.970. The van der Waals surface area contributed by atoms with Gasteiger partial charge in [-0.05, 0) is 25.8 Å². The van der Waals surface area contributed by atoms with E-state index in [9.17, 15) is 4.39 Å². The number of aryl methyl sites for hydroxylation is 1. The molecule has 1 fully saturated rings. The van der Waals surface area contributed by atoms with Crippen molar-refractivity contribution in [2.45, 2.75) is 44.9 Å². The minimum absolute atomic E-state index is 0.0564. The molecule has 2 unspecified atom stereocenters. The smallest absolute Gasteiger partial charge is 0.158 e. The molecule has 1 aromatic rings. The van der Waals surface area contributed by atoms with E-state index in [-0.39, 0.29) is 6.04 Å². The SMILES string of the molecule is CCCn1nncc1C(F)C1CCCN1. The molecule has 0 aromatic carbocycles. The van der Waals surface area contributed by atoms with Crippen LogP contribution in [0.3, 0.4) is 0 Å². The first-order chi connectivity index (χ1) is 7.33. The van der Waals surface area contributed by atoms with E-state index in [1.54, 1.807) is 10.9 Å². The van der Waals surface area contributed by atoms with Crippen molar-refractivity contribution in [3.63, 3.8) is 0 Å². The van der Waals surface area contributed by atoms with E-state index < -0.39 is 6.17 Å². The molecule has 15 heavy (non-hydrogen) atoms. The molecule has 2 heterocycles. The summed E-state index contributed by atoms with van der Waals surface area (Å²) in [4.78, 5) is 0. The van der Waals surface area contributed by atoms with Crippen molar-refractivity contribution in [1.29, 1.82) is 0 Å². The molecule has 0 saturated carbocycles. The van der Waals surface area contributed by atoms with Crippen LogP contribution in [0.4, 0.5) is 4.39 Å². The predicted octanol–water partition coefficient (Wildman–Crippen LogP) is 1.45. The molecule has 2 atom stereocenters. The van der Waals surface area contributed by atoms with Gasteiger partial charge in [-0.3, -0.25) is 0 Å². The highest BCUT2D eigenvalue weighted by atomic mass is 19.1. The van der Waals surface area contributed by atoms with Gasteiger partial charge in [0.1, 0.15) is 0 Å². The summed E-state index contributed by atoms with van der Waals surface area (Å²) >= 11 is 0. The lowest BCUT2D eigenvalue weighted by Gasteiger charge is -2.16. The maximum atomic E-state index is 14.1. The van der Waals surface area contributed by atoms with Crippen molar-refractivity contribution < 1.29 is 4.39 Å². The highest BCUT2D eigenvalue weighted by Gasteiger charge is 2.28. The second kappa shape index (κ2) is 4.70. The Morgan fingerprint density at radius 2 is 2.60 bits per heavy atom. The first kappa shape index (κ1) is 10.5. The van der Waals surface area contributed by atoms with Crippen LogP contribution in [0, 0.1) is 0 Å². The van der Waals surface area contributed by atoms with Crippen LogP contribution in [0.2, 0.25) is 0 Å². The molecule has 0 bridgehead atoms. The molecule has 0 aliphatic carbocycles. The van der Waals surface area contributed by atoms with Gasteiger partial charge in [0.15, 0.2) is 6.17 Å². The maximum absolute atomic E-state index is 14.1. The molecule has 1 aliphatic heterocycles. The number of alkyl halides is 1. The second-order valence-corrected chi connectivity index (χ2v) is 3.99. The molecule has 0 amide bonds. The van der Waals surface area contributed by atoms with Crippen LogP contribution in [0.5, 0.6) is 0 Å². The topological polar surface area (TPSA) is 42.7 Å². The van der Waals surface area contributed by atoms with Crippen molar-refractivity contribution in [1.82, 2.24) is 20.3 Å². The summed E-state index contributed by atoms with van der Waals surface area (Å²) in [6.45, 7) is 3.70. The lowest BCUT2D eigenvalue weighted by Crippen LogP contribution is -2.28. The predicted molar refractivity (Wildman–Crippen MR) is 55.2 cm³/mol. The Labute approximate surface area is 88.9 Å². The molecule has 0 spiro atoms. The maximum Gasteiger partial charge on any atom is 0.158 e. The van der Waals surface area contributed by atoms with Gasteiger partial charge < -0.3 is 5.32 Å².